The molecule has 0 unspecified atom stereocenters. The zero-order valence-electron chi connectivity index (χ0n) is 11.9. The molecule has 3 nitrogen and oxygen atoms in total. The number of thiophene rings is 1. The molecule has 0 spiro atoms. The maximum Gasteiger partial charge on any atom is 0.345 e. The van der Waals surface area contributed by atoms with Gasteiger partial charge in [0, 0.05) is 13.1 Å². The Hall–Kier alpha value is -1.81. The van der Waals surface area contributed by atoms with Crippen molar-refractivity contribution in [3.8, 4) is 0 Å². The molecular formula is C17H19NO2S. The van der Waals surface area contributed by atoms with Gasteiger partial charge in [-0.15, -0.1) is 11.3 Å². The van der Waals surface area contributed by atoms with E-state index in [0.717, 1.165) is 30.4 Å². The lowest BCUT2D eigenvalue weighted by Crippen LogP contribution is -2.33. The number of carboxylic acid groups (broad SMARTS) is 1. The van der Waals surface area contributed by atoms with Crippen LogP contribution in [0.25, 0.3) is 0 Å². The fourth-order valence-electron chi connectivity index (χ4n) is 2.92. The van der Waals surface area contributed by atoms with Crippen LogP contribution in [0.4, 0.5) is 5.00 Å². The zero-order valence-corrected chi connectivity index (χ0v) is 12.7. The van der Waals surface area contributed by atoms with Crippen molar-refractivity contribution in [1.29, 1.82) is 0 Å². The lowest BCUT2D eigenvalue weighted by Gasteiger charge is -2.32. The van der Waals surface area contributed by atoms with E-state index < -0.39 is 5.97 Å². The number of nitrogens with zero attached hydrogens (tertiary/aromatic N) is 1. The summed E-state index contributed by atoms with van der Waals surface area (Å²) in [5, 5.41) is 10.1. The fraction of sp³-hybridized carbons (Fsp3) is 0.353. The molecule has 0 atom stereocenters. The second-order valence-electron chi connectivity index (χ2n) is 5.56. The van der Waals surface area contributed by atoms with Crippen molar-refractivity contribution in [1.82, 2.24) is 0 Å². The molecule has 2 aromatic rings. The molecule has 1 saturated heterocycles. The summed E-state index contributed by atoms with van der Waals surface area (Å²) in [4.78, 5) is 13.7. The topological polar surface area (TPSA) is 40.5 Å². The predicted octanol–water partition coefficient (Wildman–Crippen LogP) is 3.91. The van der Waals surface area contributed by atoms with Gasteiger partial charge in [0.1, 0.15) is 4.88 Å². The summed E-state index contributed by atoms with van der Waals surface area (Å²) in [6.45, 7) is 2.05. The summed E-state index contributed by atoms with van der Waals surface area (Å²) in [5.41, 5.74) is 1.42. The highest BCUT2D eigenvalue weighted by Crippen LogP contribution is 2.30. The summed E-state index contributed by atoms with van der Waals surface area (Å²) in [7, 11) is 0. The Labute approximate surface area is 128 Å². The van der Waals surface area contributed by atoms with Crippen molar-refractivity contribution in [3.63, 3.8) is 0 Å². The van der Waals surface area contributed by atoms with Gasteiger partial charge in [0.15, 0.2) is 0 Å². The third-order valence-electron chi connectivity index (χ3n) is 4.10. The van der Waals surface area contributed by atoms with E-state index in [1.54, 1.807) is 6.07 Å². The van der Waals surface area contributed by atoms with Crippen LogP contribution in [-0.2, 0) is 6.42 Å². The Morgan fingerprint density at radius 1 is 1.14 bits per heavy atom. The number of anilines is 1. The molecule has 1 aromatic carbocycles. The van der Waals surface area contributed by atoms with Gasteiger partial charge in [0.2, 0.25) is 0 Å². The quantitative estimate of drug-likeness (QED) is 0.931. The Kier molecular flexibility index (Phi) is 4.25. The van der Waals surface area contributed by atoms with E-state index in [1.165, 1.54) is 29.7 Å². The van der Waals surface area contributed by atoms with Gasteiger partial charge in [-0.1, -0.05) is 30.3 Å². The number of hydrogen-bond acceptors (Lipinski definition) is 3. The number of aromatic carboxylic acids is 1. The maximum atomic E-state index is 10.9. The molecule has 0 amide bonds. The van der Waals surface area contributed by atoms with Crippen molar-refractivity contribution >= 4 is 22.3 Å². The van der Waals surface area contributed by atoms with Gasteiger partial charge in [-0.05, 0) is 42.9 Å². The highest BCUT2D eigenvalue weighted by Gasteiger charge is 2.21. The second-order valence-corrected chi connectivity index (χ2v) is 6.63. The number of carbonyl (C=O) groups is 1. The lowest BCUT2D eigenvalue weighted by atomic mass is 9.90. The third-order valence-corrected chi connectivity index (χ3v) is 5.23. The van der Waals surface area contributed by atoms with E-state index in [9.17, 15) is 4.79 Å². The van der Waals surface area contributed by atoms with Gasteiger partial charge in [-0.25, -0.2) is 4.79 Å². The molecule has 1 aromatic heterocycles. The minimum Gasteiger partial charge on any atom is -0.477 e. The average Bonchev–Trinajstić information content (AvgIpc) is 2.99. The molecule has 0 bridgehead atoms. The molecule has 3 rings (SSSR count). The fourth-order valence-corrected chi connectivity index (χ4v) is 3.81. The predicted molar refractivity (Wildman–Crippen MR) is 86.4 cm³/mol. The van der Waals surface area contributed by atoms with E-state index in [4.69, 9.17) is 5.11 Å². The molecular weight excluding hydrogens is 282 g/mol. The molecule has 0 saturated carbocycles. The van der Waals surface area contributed by atoms with Crippen LogP contribution in [-0.4, -0.2) is 24.2 Å². The monoisotopic (exact) mass is 301 g/mol. The molecule has 4 heteroatoms. The number of carboxylic acids is 1. The van der Waals surface area contributed by atoms with Crippen molar-refractivity contribution in [3.05, 3.63) is 52.9 Å². The molecule has 110 valence electrons. The maximum absolute atomic E-state index is 10.9. The molecule has 1 aliphatic rings. The van der Waals surface area contributed by atoms with Gasteiger partial charge in [0.25, 0.3) is 0 Å². The van der Waals surface area contributed by atoms with Gasteiger partial charge >= 0.3 is 5.97 Å². The molecule has 0 radical (unpaired) electrons. The van der Waals surface area contributed by atoms with Crippen LogP contribution in [0, 0.1) is 5.92 Å². The molecule has 1 fully saturated rings. The van der Waals surface area contributed by atoms with Crippen molar-refractivity contribution < 1.29 is 9.90 Å². The van der Waals surface area contributed by atoms with Crippen LogP contribution in [0.5, 0.6) is 0 Å². The lowest BCUT2D eigenvalue weighted by molar-refractivity contribution is 0.0702. The molecule has 2 heterocycles. The Morgan fingerprint density at radius 3 is 2.48 bits per heavy atom. The van der Waals surface area contributed by atoms with Gasteiger partial charge in [0.05, 0.1) is 5.00 Å². The Balaban J connectivity index is 1.56. The summed E-state index contributed by atoms with van der Waals surface area (Å²) >= 11 is 1.38. The van der Waals surface area contributed by atoms with Gasteiger partial charge in [-0.2, -0.15) is 0 Å². The number of rotatable bonds is 4. The van der Waals surface area contributed by atoms with Gasteiger partial charge in [-0.3, -0.25) is 0 Å². The summed E-state index contributed by atoms with van der Waals surface area (Å²) in [5.74, 6) is -0.0900. The largest absolute Gasteiger partial charge is 0.477 e. The highest BCUT2D eigenvalue weighted by atomic mass is 32.1. The van der Waals surface area contributed by atoms with Crippen molar-refractivity contribution in [2.75, 3.05) is 18.0 Å². The molecule has 1 aliphatic heterocycles. The SMILES string of the molecule is O=C(O)c1ccc(N2CCC(Cc3ccccc3)CC2)s1. The summed E-state index contributed by atoms with van der Waals surface area (Å²) < 4.78 is 0. The number of piperidine rings is 1. The van der Waals surface area contributed by atoms with E-state index in [2.05, 4.69) is 35.2 Å². The summed E-state index contributed by atoms with van der Waals surface area (Å²) in [6.07, 6.45) is 3.50. The van der Waals surface area contributed by atoms with E-state index >= 15 is 0 Å². The first-order chi connectivity index (χ1) is 10.2. The normalized spacial score (nSPS) is 16.1. The first kappa shape index (κ1) is 14.1. The van der Waals surface area contributed by atoms with Crippen molar-refractivity contribution in [2.24, 2.45) is 5.92 Å². The minimum absolute atomic E-state index is 0.427. The van der Waals surface area contributed by atoms with Crippen LogP contribution >= 0.6 is 11.3 Å². The van der Waals surface area contributed by atoms with E-state index in [-0.39, 0.29) is 0 Å². The van der Waals surface area contributed by atoms with Crippen LogP contribution in [0.15, 0.2) is 42.5 Å². The van der Waals surface area contributed by atoms with Crippen LogP contribution in [0.3, 0.4) is 0 Å². The molecule has 0 aliphatic carbocycles. The second kappa shape index (κ2) is 6.31. The van der Waals surface area contributed by atoms with Crippen molar-refractivity contribution in [2.45, 2.75) is 19.3 Å². The van der Waals surface area contributed by atoms with Gasteiger partial charge < -0.3 is 10.0 Å². The zero-order chi connectivity index (χ0) is 14.7. The first-order valence-corrected chi connectivity index (χ1v) is 8.16. The standard InChI is InChI=1S/C17H19NO2S/c19-17(20)15-6-7-16(21-15)18-10-8-14(9-11-18)12-13-4-2-1-3-5-13/h1-7,14H,8-12H2,(H,19,20). The van der Waals surface area contributed by atoms with Crippen LogP contribution in [0.1, 0.15) is 28.1 Å². The Morgan fingerprint density at radius 2 is 1.86 bits per heavy atom. The van der Waals surface area contributed by atoms with Crippen LogP contribution in [0.2, 0.25) is 0 Å². The first-order valence-electron chi connectivity index (χ1n) is 7.34. The molecule has 21 heavy (non-hydrogen) atoms. The average molecular weight is 301 g/mol. The smallest absolute Gasteiger partial charge is 0.345 e. The summed E-state index contributed by atoms with van der Waals surface area (Å²) in [6, 6.07) is 14.3. The van der Waals surface area contributed by atoms with E-state index in [1.807, 2.05) is 6.07 Å². The number of benzene rings is 1. The minimum atomic E-state index is -0.829. The third kappa shape index (κ3) is 3.45. The van der Waals surface area contributed by atoms with E-state index in [0.29, 0.717) is 4.88 Å². The number of hydrogen-bond donors (Lipinski definition) is 1. The Bertz CT molecular complexity index is 600. The highest BCUT2D eigenvalue weighted by molar-refractivity contribution is 7.17. The van der Waals surface area contributed by atoms with Crippen LogP contribution < -0.4 is 4.90 Å². The molecule has 1 N–H and O–H groups in total.